The zero-order chi connectivity index (χ0) is 13.1. The Hall–Kier alpha value is -0.640. The summed E-state index contributed by atoms with van der Waals surface area (Å²) >= 11 is 5.46. The molecule has 3 heteroatoms. The first-order chi connectivity index (χ1) is 8.61. The predicted molar refractivity (Wildman–Crippen MR) is 84.3 cm³/mol. The molecule has 0 saturated heterocycles. The molecule has 0 bridgehead atoms. The van der Waals surface area contributed by atoms with Gasteiger partial charge in [0.25, 0.3) is 0 Å². The van der Waals surface area contributed by atoms with Crippen molar-refractivity contribution in [2.24, 2.45) is 0 Å². The molecule has 96 valence electrons. The molecule has 1 unspecified atom stereocenters. The zero-order valence-corrected chi connectivity index (χ0v) is 13.4. The predicted octanol–water partition coefficient (Wildman–Crippen LogP) is 5.16. The lowest BCUT2D eigenvalue weighted by Crippen LogP contribution is -2.16. The number of hydrogen-bond acceptors (Lipinski definition) is 2. The van der Waals surface area contributed by atoms with E-state index in [4.69, 9.17) is 0 Å². The summed E-state index contributed by atoms with van der Waals surface area (Å²) in [5.41, 5.74) is 2.56. The second-order valence-corrected chi connectivity index (χ2v) is 6.42. The number of nitrogens with one attached hydrogen (secondary N) is 1. The molecule has 1 nitrogen and oxygen atoms in total. The summed E-state index contributed by atoms with van der Waals surface area (Å²) in [7, 11) is 0. The maximum absolute atomic E-state index is 3.60. The van der Waals surface area contributed by atoms with Gasteiger partial charge in [-0.2, -0.15) is 0 Å². The Bertz CT molecular complexity index is 533. The summed E-state index contributed by atoms with van der Waals surface area (Å²) in [4.78, 5) is 2.72. The van der Waals surface area contributed by atoms with Gasteiger partial charge >= 0.3 is 0 Å². The molecule has 1 atom stereocenters. The maximum atomic E-state index is 3.60. The highest BCUT2D eigenvalue weighted by Gasteiger charge is 2.09. The smallest absolute Gasteiger partial charge is 0.0386 e. The van der Waals surface area contributed by atoms with Crippen LogP contribution in [0.1, 0.15) is 30.3 Å². The molecule has 18 heavy (non-hydrogen) atoms. The fraction of sp³-hybridized carbons (Fsp3) is 0.333. The van der Waals surface area contributed by atoms with E-state index in [1.54, 1.807) is 0 Å². The quantitative estimate of drug-likeness (QED) is 0.819. The molecule has 0 fully saturated rings. The summed E-state index contributed by atoms with van der Waals surface area (Å²) < 4.78 is 1.18. The molecular weight excluding hydrogens is 306 g/mol. The van der Waals surface area contributed by atoms with E-state index in [2.05, 4.69) is 72.3 Å². The molecule has 0 aliphatic carbocycles. The van der Waals surface area contributed by atoms with E-state index in [0.717, 1.165) is 6.54 Å². The fourth-order valence-corrected chi connectivity index (χ4v) is 3.30. The molecule has 0 saturated carbocycles. The molecule has 1 aromatic carbocycles. The summed E-state index contributed by atoms with van der Waals surface area (Å²) in [6.45, 7) is 7.47. The maximum Gasteiger partial charge on any atom is 0.0386 e. The Balaban J connectivity index is 2.26. The van der Waals surface area contributed by atoms with E-state index in [1.165, 1.54) is 25.4 Å². The topological polar surface area (TPSA) is 12.0 Å². The van der Waals surface area contributed by atoms with Crippen LogP contribution in [0.25, 0.3) is 10.4 Å². The van der Waals surface area contributed by atoms with Gasteiger partial charge in [-0.25, -0.2) is 0 Å². The highest BCUT2D eigenvalue weighted by molar-refractivity contribution is 9.10. The van der Waals surface area contributed by atoms with Gasteiger partial charge < -0.3 is 5.32 Å². The van der Waals surface area contributed by atoms with Crippen molar-refractivity contribution in [3.8, 4) is 10.4 Å². The third-order valence-corrected chi connectivity index (χ3v) is 5.19. The Labute approximate surface area is 121 Å². The lowest BCUT2D eigenvalue weighted by Gasteiger charge is -2.09. The van der Waals surface area contributed by atoms with Crippen LogP contribution in [0.15, 0.2) is 34.8 Å². The average Bonchev–Trinajstić information content (AvgIpc) is 2.82. The highest BCUT2D eigenvalue weighted by atomic mass is 79.9. The van der Waals surface area contributed by atoms with E-state index in [0.29, 0.717) is 6.04 Å². The van der Waals surface area contributed by atoms with Crippen molar-refractivity contribution in [3.63, 3.8) is 0 Å². The third-order valence-electron chi connectivity index (χ3n) is 3.02. The lowest BCUT2D eigenvalue weighted by atomic mass is 10.1. The molecule has 2 rings (SSSR count). The Morgan fingerprint density at radius 1 is 1.28 bits per heavy atom. The molecule has 1 aromatic heterocycles. The standard InChI is InChI=1S/C15H18BrNS/c1-4-17-11(3)14-7-8-15(18-14)12-6-5-10(2)13(16)9-12/h5-9,11,17H,4H2,1-3H3. The van der Waals surface area contributed by atoms with Crippen LogP contribution in [0, 0.1) is 6.92 Å². The average molecular weight is 324 g/mol. The first-order valence-electron chi connectivity index (χ1n) is 6.21. The van der Waals surface area contributed by atoms with Gasteiger partial charge in [0.05, 0.1) is 0 Å². The Morgan fingerprint density at radius 3 is 2.72 bits per heavy atom. The summed E-state index contributed by atoms with van der Waals surface area (Å²) in [6.07, 6.45) is 0. The van der Waals surface area contributed by atoms with Crippen molar-refractivity contribution in [2.75, 3.05) is 6.54 Å². The summed E-state index contributed by atoms with van der Waals surface area (Å²) in [5, 5.41) is 3.45. The number of rotatable bonds is 4. The van der Waals surface area contributed by atoms with Gasteiger partial charge in [-0.15, -0.1) is 11.3 Å². The molecule has 1 heterocycles. The van der Waals surface area contributed by atoms with Crippen molar-refractivity contribution in [2.45, 2.75) is 26.8 Å². The monoisotopic (exact) mass is 323 g/mol. The van der Waals surface area contributed by atoms with Crippen LogP contribution in [0.3, 0.4) is 0 Å². The lowest BCUT2D eigenvalue weighted by molar-refractivity contribution is 0.607. The van der Waals surface area contributed by atoms with Crippen molar-refractivity contribution in [3.05, 3.63) is 45.2 Å². The van der Waals surface area contributed by atoms with Gasteiger partial charge in [-0.05, 0) is 49.7 Å². The van der Waals surface area contributed by atoms with Gasteiger partial charge in [-0.1, -0.05) is 35.0 Å². The largest absolute Gasteiger partial charge is 0.310 e. The number of aryl methyl sites for hydroxylation is 1. The summed E-state index contributed by atoms with van der Waals surface area (Å²) in [6, 6.07) is 11.4. The number of thiophene rings is 1. The molecule has 0 aliphatic rings. The van der Waals surface area contributed by atoms with Gasteiger partial charge in [0.2, 0.25) is 0 Å². The molecule has 0 radical (unpaired) electrons. The minimum absolute atomic E-state index is 0.433. The number of hydrogen-bond donors (Lipinski definition) is 1. The molecule has 0 amide bonds. The first-order valence-corrected chi connectivity index (χ1v) is 7.82. The van der Waals surface area contributed by atoms with Gasteiger partial charge in [0.1, 0.15) is 0 Å². The van der Waals surface area contributed by atoms with Crippen LogP contribution in [0.2, 0.25) is 0 Å². The Morgan fingerprint density at radius 2 is 2.06 bits per heavy atom. The molecule has 2 aromatic rings. The SMILES string of the molecule is CCNC(C)c1ccc(-c2ccc(C)c(Br)c2)s1. The third kappa shape index (κ3) is 3.02. The van der Waals surface area contributed by atoms with Crippen molar-refractivity contribution >= 4 is 27.3 Å². The highest BCUT2D eigenvalue weighted by Crippen LogP contribution is 2.33. The minimum Gasteiger partial charge on any atom is -0.310 e. The van der Waals surface area contributed by atoms with E-state index in [1.807, 2.05) is 11.3 Å². The second-order valence-electron chi connectivity index (χ2n) is 4.45. The minimum atomic E-state index is 0.433. The van der Waals surface area contributed by atoms with Crippen LogP contribution in [-0.2, 0) is 0 Å². The van der Waals surface area contributed by atoms with E-state index < -0.39 is 0 Å². The number of halogens is 1. The van der Waals surface area contributed by atoms with Crippen LogP contribution >= 0.6 is 27.3 Å². The number of benzene rings is 1. The Kier molecular flexibility index (Phi) is 4.60. The van der Waals surface area contributed by atoms with Crippen LogP contribution in [0.4, 0.5) is 0 Å². The first kappa shape index (κ1) is 13.8. The molecule has 0 aliphatic heterocycles. The fourth-order valence-electron chi connectivity index (χ4n) is 1.89. The van der Waals surface area contributed by atoms with Crippen LogP contribution in [0.5, 0.6) is 0 Å². The van der Waals surface area contributed by atoms with Crippen LogP contribution in [-0.4, -0.2) is 6.54 Å². The molecular formula is C15H18BrNS. The van der Waals surface area contributed by atoms with Gasteiger partial charge in [0.15, 0.2) is 0 Å². The zero-order valence-electron chi connectivity index (χ0n) is 11.0. The van der Waals surface area contributed by atoms with Crippen molar-refractivity contribution < 1.29 is 0 Å². The van der Waals surface area contributed by atoms with Gasteiger partial charge in [-0.3, -0.25) is 0 Å². The van der Waals surface area contributed by atoms with E-state index in [9.17, 15) is 0 Å². The van der Waals surface area contributed by atoms with Crippen LogP contribution < -0.4 is 5.32 Å². The van der Waals surface area contributed by atoms with E-state index >= 15 is 0 Å². The normalized spacial score (nSPS) is 12.7. The van der Waals surface area contributed by atoms with Crippen molar-refractivity contribution in [1.82, 2.24) is 5.32 Å². The second kappa shape index (κ2) is 6.00. The van der Waals surface area contributed by atoms with Crippen molar-refractivity contribution in [1.29, 1.82) is 0 Å². The van der Waals surface area contributed by atoms with E-state index in [-0.39, 0.29) is 0 Å². The molecule has 1 N–H and O–H groups in total. The van der Waals surface area contributed by atoms with Gasteiger partial charge in [0, 0.05) is 20.3 Å². The summed E-state index contributed by atoms with van der Waals surface area (Å²) in [5.74, 6) is 0. The molecule has 0 spiro atoms.